The number of amides is 2. The molecule has 1 aliphatic heterocycles. The molecule has 154 valence electrons. The molecule has 0 spiro atoms. The van der Waals surface area contributed by atoms with Crippen LogP contribution in [0.1, 0.15) is 28.7 Å². The third-order valence-corrected chi connectivity index (χ3v) is 4.92. The van der Waals surface area contributed by atoms with Gasteiger partial charge in [0.2, 0.25) is 5.91 Å². The molecule has 2 N–H and O–H groups in total. The number of benzene rings is 2. The zero-order valence-corrected chi connectivity index (χ0v) is 17.1. The highest BCUT2D eigenvalue weighted by Crippen LogP contribution is 2.33. The van der Waals surface area contributed by atoms with E-state index in [1.807, 2.05) is 42.7 Å². The van der Waals surface area contributed by atoms with Crippen LogP contribution in [0.15, 0.2) is 48.5 Å². The molecule has 0 saturated heterocycles. The second-order valence-corrected chi connectivity index (χ2v) is 7.16. The first-order valence-corrected chi connectivity index (χ1v) is 9.70. The van der Waals surface area contributed by atoms with Crippen molar-refractivity contribution in [3.05, 3.63) is 65.5 Å². The minimum absolute atomic E-state index is 0.140. The molecule has 3 aromatic rings. The van der Waals surface area contributed by atoms with E-state index in [1.165, 1.54) is 6.92 Å². The first-order valence-electron chi connectivity index (χ1n) is 9.70. The van der Waals surface area contributed by atoms with Crippen molar-refractivity contribution in [2.24, 2.45) is 0 Å². The van der Waals surface area contributed by atoms with Gasteiger partial charge in [-0.25, -0.2) is 0 Å². The van der Waals surface area contributed by atoms with E-state index in [2.05, 4.69) is 10.6 Å². The van der Waals surface area contributed by atoms with Crippen LogP contribution in [-0.4, -0.2) is 29.6 Å². The van der Waals surface area contributed by atoms with Crippen LogP contribution in [0.5, 0.6) is 11.5 Å². The Kier molecular flexibility index (Phi) is 5.18. The molecule has 2 amide bonds. The summed E-state index contributed by atoms with van der Waals surface area (Å²) in [4.78, 5) is 24.0. The maximum absolute atomic E-state index is 12.9. The van der Waals surface area contributed by atoms with Crippen molar-refractivity contribution >= 4 is 23.2 Å². The Labute approximate surface area is 174 Å². The number of nitrogens with one attached hydrogen (secondary N) is 2. The molecule has 0 unspecified atom stereocenters. The lowest BCUT2D eigenvalue weighted by Gasteiger charge is -2.20. The standard InChI is InChI=1S/C23H23N3O4/c1-14-12-20(23(28)25-18-6-4-17(5-7-18)24-16(3)27)15(2)26(14)19-8-9-21-22(13-19)30-11-10-29-21/h4-9,12-13H,10-11H2,1-3H3,(H,24,27)(H,25,28). The van der Waals surface area contributed by atoms with E-state index in [1.54, 1.807) is 24.3 Å². The van der Waals surface area contributed by atoms with E-state index in [0.717, 1.165) is 22.8 Å². The van der Waals surface area contributed by atoms with Gasteiger partial charge in [0.1, 0.15) is 13.2 Å². The van der Waals surface area contributed by atoms with Gasteiger partial charge in [0, 0.05) is 41.4 Å². The zero-order chi connectivity index (χ0) is 21.3. The van der Waals surface area contributed by atoms with Crippen molar-refractivity contribution in [1.82, 2.24) is 4.57 Å². The van der Waals surface area contributed by atoms with Gasteiger partial charge in [-0.1, -0.05) is 0 Å². The van der Waals surface area contributed by atoms with Crippen LogP contribution < -0.4 is 20.1 Å². The van der Waals surface area contributed by atoms with Gasteiger partial charge < -0.3 is 24.7 Å². The van der Waals surface area contributed by atoms with E-state index in [0.29, 0.717) is 35.9 Å². The van der Waals surface area contributed by atoms with Gasteiger partial charge in [-0.05, 0) is 56.3 Å². The molecule has 0 fully saturated rings. The second-order valence-electron chi connectivity index (χ2n) is 7.16. The molecule has 1 aliphatic rings. The topological polar surface area (TPSA) is 81.6 Å². The summed E-state index contributed by atoms with van der Waals surface area (Å²) >= 11 is 0. The Balaban J connectivity index is 1.57. The number of nitrogens with zero attached hydrogens (tertiary/aromatic N) is 1. The molecule has 0 aliphatic carbocycles. The summed E-state index contributed by atoms with van der Waals surface area (Å²) < 4.78 is 13.3. The Morgan fingerprint density at radius 2 is 1.50 bits per heavy atom. The van der Waals surface area contributed by atoms with Crippen molar-refractivity contribution < 1.29 is 19.1 Å². The van der Waals surface area contributed by atoms with E-state index in [-0.39, 0.29) is 11.8 Å². The maximum Gasteiger partial charge on any atom is 0.257 e. The van der Waals surface area contributed by atoms with Gasteiger partial charge in [-0.15, -0.1) is 0 Å². The molecule has 30 heavy (non-hydrogen) atoms. The summed E-state index contributed by atoms with van der Waals surface area (Å²) in [6.07, 6.45) is 0. The molecule has 4 rings (SSSR count). The average molecular weight is 405 g/mol. The van der Waals surface area contributed by atoms with Gasteiger partial charge in [0.15, 0.2) is 11.5 Å². The van der Waals surface area contributed by atoms with Crippen LogP contribution in [0.2, 0.25) is 0 Å². The largest absolute Gasteiger partial charge is 0.486 e. The molecule has 0 atom stereocenters. The van der Waals surface area contributed by atoms with Crippen LogP contribution in [0, 0.1) is 13.8 Å². The fourth-order valence-electron chi connectivity index (χ4n) is 3.60. The molecular weight excluding hydrogens is 382 g/mol. The van der Waals surface area contributed by atoms with Crippen LogP contribution in [0.25, 0.3) is 5.69 Å². The Morgan fingerprint density at radius 3 is 2.17 bits per heavy atom. The number of carbonyl (C=O) groups is 2. The Bertz CT molecular complexity index is 1120. The molecule has 2 heterocycles. The number of aromatic nitrogens is 1. The number of carbonyl (C=O) groups excluding carboxylic acids is 2. The number of fused-ring (bicyclic) bond motifs is 1. The summed E-state index contributed by atoms with van der Waals surface area (Å²) in [6, 6.07) is 14.6. The summed E-state index contributed by atoms with van der Waals surface area (Å²) in [5, 5.41) is 5.61. The average Bonchev–Trinajstić information content (AvgIpc) is 3.03. The van der Waals surface area contributed by atoms with Gasteiger partial charge >= 0.3 is 0 Å². The number of rotatable bonds is 4. The van der Waals surface area contributed by atoms with Crippen molar-refractivity contribution in [3.8, 4) is 17.2 Å². The van der Waals surface area contributed by atoms with Gasteiger partial charge in [0.25, 0.3) is 5.91 Å². The van der Waals surface area contributed by atoms with Gasteiger partial charge in [-0.3, -0.25) is 9.59 Å². The molecule has 0 saturated carbocycles. The Hall–Kier alpha value is -3.74. The minimum atomic E-state index is -0.195. The third-order valence-electron chi connectivity index (χ3n) is 4.92. The quantitative estimate of drug-likeness (QED) is 0.685. The maximum atomic E-state index is 12.9. The third kappa shape index (κ3) is 3.87. The predicted octanol–water partition coefficient (Wildman–Crippen LogP) is 4.08. The van der Waals surface area contributed by atoms with Gasteiger partial charge in [0.05, 0.1) is 5.56 Å². The normalized spacial score (nSPS) is 12.4. The fourth-order valence-corrected chi connectivity index (χ4v) is 3.60. The molecule has 7 heteroatoms. The van der Waals surface area contributed by atoms with Crippen LogP contribution in [0.3, 0.4) is 0 Å². The van der Waals surface area contributed by atoms with E-state index in [9.17, 15) is 9.59 Å². The summed E-state index contributed by atoms with van der Waals surface area (Å²) in [5.74, 6) is 1.10. The first-order chi connectivity index (χ1) is 14.4. The van der Waals surface area contributed by atoms with Crippen LogP contribution >= 0.6 is 0 Å². The zero-order valence-electron chi connectivity index (χ0n) is 17.1. The van der Waals surface area contributed by atoms with Crippen molar-refractivity contribution in [2.45, 2.75) is 20.8 Å². The first kappa shape index (κ1) is 19.6. The number of hydrogen-bond donors (Lipinski definition) is 2. The highest BCUT2D eigenvalue weighted by atomic mass is 16.6. The molecule has 2 aromatic carbocycles. The lowest BCUT2D eigenvalue weighted by molar-refractivity contribution is -0.114. The molecular formula is C23H23N3O4. The van der Waals surface area contributed by atoms with Gasteiger partial charge in [-0.2, -0.15) is 0 Å². The van der Waals surface area contributed by atoms with Crippen molar-refractivity contribution in [1.29, 1.82) is 0 Å². The highest BCUT2D eigenvalue weighted by Gasteiger charge is 2.19. The lowest BCUT2D eigenvalue weighted by Crippen LogP contribution is -2.16. The highest BCUT2D eigenvalue weighted by molar-refractivity contribution is 6.05. The smallest absolute Gasteiger partial charge is 0.257 e. The van der Waals surface area contributed by atoms with E-state index >= 15 is 0 Å². The predicted molar refractivity (Wildman–Crippen MR) is 115 cm³/mol. The van der Waals surface area contributed by atoms with Crippen LogP contribution in [0.4, 0.5) is 11.4 Å². The molecule has 0 radical (unpaired) electrons. The SMILES string of the molecule is CC(=O)Nc1ccc(NC(=O)c2cc(C)n(-c3ccc4c(c3)OCCO4)c2C)cc1. The van der Waals surface area contributed by atoms with Crippen LogP contribution in [-0.2, 0) is 4.79 Å². The molecule has 1 aromatic heterocycles. The number of ether oxygens (including phenoxy) is 2. The number of anilines is 2. The summed E-state index contributed by atoms with van der Waals surface area (Å²) in [6.45, 7) is 6.40. The number of aryl methyl sites for hydroxylation is 1. The van der Waals surface area contributed by atoms with E-state index in [4.69, 9.17) is 9.47 Å². The summed E-state index contributed by atoms with van der Waals surface area (Å²) in [5.41, 5.74) is 4.60. The fraction of sp³-hybridized carbons (Fsp3) is 0.217. The van der Waals surface area contributed by atoms with Crippen molar-refractivity contribution in [2.75, 3.05) is 23.8 Å². The second kappa shape index (κ2) is 7.94. The minimum Gasteiger partial charge on any atom is -0.486 e. The Morgan fingerprint density at radius 1 is 0.867 bits per heavy atom. The number of hydrogen-bond acceptors (Lipinski definition) is 4. The van der Waals surface area contributed by atoms with E-state index < -0.39 is 0 Å². The monoisotopic (exact) mass is 405 g/mol. The van der Waals surface area contributed by atoms with Crippen molar-refractivity contribution in [3.63, 3.8) is 0 Å². The summed E-state index contributed by atoms with van der Waals surface area (Å²) in [7, 11) is 0. The lowest BCUT2D eigenvalue weighted by atomic mass is 10.2. The molecule has 0 bridgehead atoms. The molecule has 7 nitrogen and oxygen atoms in total.